The van der Waals surface area contributed by atoms with Crippen molar-refractivity contribution in [2.24, 2.45) is 0 Å². The third-order valence-electron chi connectivity index (χ3n) is 2.25. The smallest absolute Gasteiger partial charge is 0.157 e. The van der Waals surface area contributed by atoms with Crippen molar-refractivity contribution in [2.75, 3.05) is 11.5 Å². The van der Waals surface area contributed by atoms with Crippen LogP contribution < -0.4 is 5.73 Å². The van der Waals surface area contributed by atoms with Gasteiger partial charge in [0.15, 0.2) is 9.84 Å². The van der Waals surface area contributed by atoms with Crippen LogP contribution in [0.4, 0.5) is 5.69 Å². The van der Waals surface area contributed by atoms with E-state index in [-0.39, 0.29) is 11.5 Å². The number of aryl methyl sites for hydroxylation is 2. The summed E-state index contributed by atoms with van der Waals surface area (Å²) in [6.07, 6.45) is 0. The molecule has 72 valence electrons. The van der Waals surface area contributed by atoms with Gasteiger partial charge in [-0.3, -0.25) is 4.68 Å². The summed E-state index contributed by atoms with van der Waals surface area (Å²) in [5.41, 5.74) is 7.57. The molecule has 6 heteroatoms. The van der Waals surface area contributed by atoms with Crippen LogP contribution in [0.5, 0.6) is 0 Å². The Kier molecular flexibility index (Phi) is 1.63. The van der Waals surface area contributed by atoms with E-state index < -0.39 is 9.84 Å². The van der Waals surface area contributed by atoms with Gasteiger partial charge < -0.3 is 5.73 Å². The molecular weight excluding hydrogens is 190 g/mol. The molecule has 1 aromatic rings. The molecule has 0 aromatic carbocycles. The first-order valence-corrected chi connectivity index (χ1v) is 5.84. The first-order valence-electron chi connectivity index (χ1n) is 4.02. The molecule has 1 aliphatic heterocycles. The van der Waals surface area contributed by atoms with E-state index >= 15 is 0 Å². The number of nitrogen functional groups attached to an aromatic ring is 1. The molecule has 0 radical (unpaired) electrons. The highest BCUT2D eigenvalue weighted by atomic mass is 32.2. The molecule has 1 aliphatic rings. The van der Waals surface area contributed by atoms with Gasteiger partial charge in [-0.2, -0.15) is 5.10 Å². The van der Waals surface area contributed by atoms with Gasteiger partial charge in [0.25, 0.3) is 0 Å². The van der Waals surface area contributed by atoms with E-state index in [4.69, 9.17) is 5.73 Å². The summed E-state index contributed by atoms with van der Waals surface area (Å²) in [5.74, 6) is 0.195. The maximum atomic E-state index is 11.3. The average Bonchev–Trinajstić information content (AvgIpc) is 2.29. The number of anilines is 1. The molecule has 2 N–H and O–H groups in total. The number of sulfone groups is 1. The molecular formula is C7H11N3O2S. The lowest BCUT2D eigenvalue weighted by atomic mass is 10.3. The third kappa shape index (κ3) is 1.31. The second kappa shape index (κ2) is 2.47. The zero-order valence-corrected chi connectivity index (χ0v) is 8.13. The molecule has 2 rings (SSSR count). The van der Waals surface area contributed by atoms with Gasteiger partial charge in [0.05, 0.1) is 35.1 Å². The fraction of sp³-hybridized carbons (Fsp3) is 0.571. The topological polar surface area (TPSA) is 78.0 Å². The lowest BCUT2D eigenvalue weighted by Gasteiger charge is -2.14. The molecule has 0 spiro atoms. The van der Waals surface area contributed by atoms with Crippen LogP contribution in [0.15, 0.2) is 0 Å². The fourth-order valence-electron chi connectivity index (χ4n) is 1.49. The molecule has 0 atom stereocenters. The number of hydrogen-bond donors (Lipinski definition) is 1. The summed E-state index contributed by atoms with van der Waals surface area (Å²) >= 11 is 0. The highest BCUT2D eigenvalue weighted by molar-refractivity contribution is 7.90. The number of hydrogen-bond acceptors (Lipinski definition) is 4. The van der Waals surface area contributed by atoms with E-state index in [2.05, 4.69) is 5.10 Å². The summed E-state index contributed by atoms with van der Waals surface area (Å²) in [5, 5.41) is 4.14. The van der Waals surface area contributed by atoms with Crippen LogP contribution in [-0.2, 0) is 22.1 Å². The molecule has 0 aliphatic carbocycles. The van der Waals surface area contributed by atoms with E-state index in [1.165, 1.54) is 0 Å². The molecule has 0 bridgehead atoms. The Hall–Kier alpha value is -1.04. The van der Waals surface area contributed by atoms with Gasteiger partial charge in [-0.05, 0) is 6.92 Å². The number of rotatable bonds is 0. The predicted molar refractivity (Wildman–Crippen MR) is 48.9 cm³/mol. The first kappa shape index (κ1) is 8.55. The minimum absolute atomic E-state index is 0.0275. The molecule has 0 unspecified atom stereocenters. The first-order chi connectivity index (χ1) is 5.99. The van der Waals surface area contributed by atoms with Gasteiger partial charge in [0.1, 0.15) is 0 Å². The Balaban J connectivity index is 2.56. The van der Waals surface area contributed by atoms with Crippen molar-refractivity contribution >= 4 is 15.5 Å². The molecule has 13 heavy (non-hydrogen) atoms. The number of nitrogens with zero attached hydrogens (tertiary/aromatic N) is 2. The lowest BCUT2D eigenvalue weighted by Crippen LogP contribution is -2.24. The normalized spacial score (nSPS) is 19.8. The summed E-state index contributed by atoms with van der Waals surface area (Å²) in [7, 11) is -2.95. The summed E-state index contributed by atoms with van der Waals surface area (Å²) < 4.78 is 24.2. The Labute approximate surface area is 76.5 Å². The predicted octanol–water partition coefficient (Wildman–Crippen LogP) is -0.298. The zero-order chi connectivity index (χ0) is 9.64. The highest BCUT2D eigenvalue weighted by Crippen LogP contribution is 2.22. The summed E-state index contributed by atoms with van der Waals surface area (Å²) in [4.78, 5) is 0. The van der Waals surface area contributed by atoms with Crippen molar-refractivity contribution in [2.45, 2.75) is 19.2 Å². The van der Waals surface area contributed by atoms with Crippen molar-refractivity contribution in [3.63, 3.8) is 0 Å². The van der Waals surface area contributed by atoms with Crippen LogP contribution in [-0.4, -0.2) is 24.0 Å². The Bertz CT molecular complexity index is 447. The summed E-state index contributed by atoms with van der Waals surface area (Å²) in [6, 6.07) is 0. The van der Waals surface area contributed by atoms with E-state index in [0.717, 1.165) is 0 Å². The third-order valence-corrected chi connectivity index (χ3v) is 3.77. The van der Waals surface area contributed by atoms with Gasteiger partial charge in [-0.1, -0.05) is 0 Å². The van der Waals surface area contributed by atoms with Crippen LogP contribution in [0.25, 0.3) is 0 Å². The number of aromatic nitrogens is 2. The second-order valence-electron chi connectivity index (χ2n) is 3.26. The van der Waals surface area contributed by atoms with E-state index in [9.17, 15) is 8.42 Å². The lowest BCUT2D eigenvalue weighted by molar-refractivity contribution is 0.554. The van der Waals surface area contributed by atoms with Crippen LogP contribution in [0.3, 0.4) is 0 Å². The van der Waals surface area contributed by atoms with Gasteiger partial charge >= 0.3 is 0 Å². The van der Waals surface area contributed by atoms with Gasteiger partial charge in [0.2, 0.25) is 0 Å². The zero-order valence-electron chi connectivity index (χ0n) is 7.32. The van der Waals surface area contributed by atoms with Crippen molar-refractivity contribution in [3.05, 3.63) is 11.4 Å². The van der Waals surface area contributed by atoms with Crippen molar-refractivity contribution in [1.82, 2.24) is 9.78 Å². The molecule has 0 fully saturated rings. The maximum Gasteiger partial charge on any atom is 0.157 e. The molecule has 1 aromatic heterocycles. The van der Waals surface area contributed by atoms with E-state index in [1.807, 2.05) is 0 Å². The van der Waals surface area contributed by atoms with Crippen LogP contribution >= 0.6 is 0 Å². The molecule has 5 nitrogen and oxygen atoms in total. The number of fused-ring (bicyclic) bond motifs is 1. The quantitative estimate of drug-likeness (QED) is 0.625. The van der Waals surface area contributed by atoms with Crippen molar-refractivity contribution in [1.29, 1.82) is 0 Å². The van der Waals surface area contributed by atoms with Crippen LogP contribution in [0, 0.1) is 6.92 Å². The van der Waals surface area contributed by atoms with Gasteiger partial charge in [-0.25, -0.2) is 8.42 Å². The molecule has 0 amide bonds. The van der Waals surface area contributed by atoms with E-state index in [1.54, 1.807) is 11.6 Å². The highest BCUT2D eigenvalue weighted by Gasteiger charge is 2.25. The Morgan fingerprint density at radius 3 is 2.92 bits per heavy atom. The van der Waals surface area contributed by atoms with E-state index in [0.29, 0.717) is 23.6 Å². The van der Waals surface area contributed by atoms with Gasteiger partial charge in [0, 0.05) is 0 Å². The SMILES string of the molecule is Cc1nn2c(c1N)CS(=O)(=O)CC2. The largest absolute Gasteiger partial charge is 0.396 e. The van der Waals surface area contributed by atoms with Gasteiger partial charge in [-0.15, -0.1) is 0 Å². The standard InChI is InChI=1S/C7H11N3O2S/c1-5-7(8)6-4-13(11,12)3-2-10(6)9-5/h2-4,8H2,1H3. The fourth-order valence-corrected chi connectivity index (χ4v) is 2.80. The summed E-state index contributed by atoms with van der Waals surface area (Å²) in [6.45, 7) is 2.21. The minimum Gasteiger partial charge on any atom is -0.396 e. The van der Waals surface area contributed by atoms with Crippen molar-refractivity contribution < 1.29 is 8.42 Å². The maximum absolute atomic E-state index is 11.3. The van der Waals surface area contributed by atoms with Crippen molar-refractivity contribution in [3.8, 4) is 0 Å². The Morgan fingerprint density at radius 1 is 1.54 bits per heavy atom. The molecule has 2 heterocycles. The molecule has 0 saturated heterocycles. The minimum atomic E-state index is -2.95. The Morgan fingerprint density at radius 2 is 2.23 bits per heavy atom. The van der Waals surface area contributed by atoms with Crippen LogP contribution in [0.1, 0.15) is 11.4 Å². The average molecular weight is 201 g/mol. The van der Waals surface area contributed by atoms with Crippen LogP contribution in [0.2, 0.25) is 0 Å². The monoisotopic (exact) mass is 201 g/mol. The number of nitrogens with two attached hydrogens (primary N) is 1. The molecule has 0 saturated carbocycles. The second-order valence-corrected chi connectivity index (χ2v) is 5.45.